The predicted molar refractivity (Wildman–Crippen MR) is 52.2 cm³/mol. The van der Waals surface area contributed by atoms with Gasteiger partial charge in [0, 0.05) is 0 Å². The van der Waals surface area contributed by atoms with E-state index in [0.717, 1.165) is 0 Å². The Morgan fingerprint density at radius 1 is 1.22 bits per heavy atom. The predicted octanol–water partition coefficient (Wildman–Crippen LogP) is 3.41. The molecule has 3 heteroatoms. The molecule has 0 heterocycles. The highest BCUT2D eigenvalue weighted by atomic mass is 79.9. The Morgan fingerprint density at radius 2 is 1.67 bits per heavy atom. The molecule has 0 saturated heterocycles. The van der Waals surface area contributed by atoms with E-state index >= 15 is 0 Å². The summed E-state index contributed by atoms with van der Waals surface area (Å²) in [6.07, 6.45) is 2.17. The summed E-state index contributed by atoms with van der Waals surface area (Å²) < 4.78 is 0.309. The topological polar surface area (TPSA) is 0 Å². The molecule has 52 valence electrons. The molecule has 0 nitrogen and oxygen atoms in total. The monoisotopic (exact) mass is 252 g/mol. The highest BCUT2D eigenvalue weighted by molar-refractivity contribution is 9.49. The number of halogens is 2. The molecule has 0 aliphatic rings. The average Bonchev–Trinajstić information content (AvgIpc) is 1.59. The van der Waals surface area contributed by atoms with Crippen LogP contribution in [0.15, 0.2) is 12.1 Å². The standard InChI is InChI=1S/C6H11BBr2/c1-6(2,3)4-5-7(8)9/h4-5H,1-3H3/b5-4+. The molecule has 0 bridgehead atoms. The van der Waals surface area contributed by atoms with Crippen molar-refractivity contribution in [3.05, 3.63) is 12.1 Å². The van der Waals surface area contributed by atoms with E-state index in [1.54, 1.807) is 0 Å². The van der Waals surface area contributed by atoms with Gasteiger partial charge in [-0.3, -0.25) is 0 Å². The Hall–Kier alpha value is 0.765. The van der Waals surface area contributed by atoms with Gasteiger partial charge in [0.15, 0.2) is 0 Å². The van der Waals surface area contributed by atoms with Gasteiger partial charge in [-0.25, -0.2) is 0 Å². The van der Waals surface area contributed by atoms with Crippen LogP contribution in [0.1, 0.15) is 20.8 Å². The average molecular weight is 254 g/mol. The molecular formula is C6H11BBr2. The SMILES string of the molecule is CC(C)(C)/C=C/B(Br)Br. The first-order chi connectivity index (χ1) is 3.92. The maximum atomic E-state index is 3.36. The lowest BCUT2D eigenvalue weighted by atomic mass is 9.93. The summed E-state index contributed by atoms with van der Waals surface area (Å²) >= 11 is 6.71. The quantitative estimate of drug-likeness (QED) is 0.629. The molecule has 0 aromatic heterocycles. The molecule has 0 radical (unpaired) electrons. The molecule has 0 spiro atoms. The molecule has 0 N–H and O–H groups in total. The zero-order valence-electron chi connectivity index (χ0n) is 5.99. The van der Waals surface area contributed by atoms with Gasteiger partial charge in [0.05, 0.1) is 0 Å². The third kappa shape index (κ3) is 8.76. The molecule has 0 aromatic rings. The summed E-state index contributed by atoms with van der Waals surface area (Å²) in [5.41, 5.74) is 0.291. The molecular weight excluding hydrogens is 243 g/mol. The summed E-state index contributed by atoms with van der Waals surface area (Å²) in [4.78, 5) is 0. The fourth-order valence-corrected chi connectivity index (χ4v) is 0.667. The Balaban J connectivity index is 3.71. The maximum absolute atomic E-state index is 3.36. The minimum atomic E-state index is 0.291. The fourth-order valence-electron chi connectivity index (χ4n) is 0.361. The molecule has 0 atom stereocenters. The minimum Gasteiger partial charge on any atom is -0.133 e. The van der Waals surface area contributed by atoms with Crippen LogP contribution in [-0.2, 0) is 0 Å². The van der Waals surface area contributed by atoms with Crippen LogP contribution in [0.4, 0.5) is 0 Å². The van der Waals surface area contributed by atoms with Crippen LogP contribution in [0.3, 0.4) is 0 Å². The highest BCUT2D eigenvalue weighted by Gasteiger charge is 2.05. The zero-order valence-corrected chi connectivity index (χ0v) is 9.16. The smallest absolute Gasteiger partial charge is 0.133 e. The van der Waals surface area contributed by atoms with Gasteiger partial charge in [-0.2, -0.15) is 0 Å². The van der Waals surface area contributed by atoms with Crippen molar-refractivity contribution in [3.63, 3.8) is 0 Å². The van der Waals surface area contributed by atoms with E-state index in [0.29, 0.717) is 9.78 Å². The Kier molecular flexibility index (Phi) is 4.14. The van der Waals surface area contributed by atoms with E-state index in [9.17, 15) is 0 Å². The minimum absolute atomic E-state index is 0.291. The van der Waals surface area contributed by atoms with Crippen molar-refractivity contribution in [2.45, 2.75) is 20.8 Å². The van der Waals surface area contributed by atoms with Crippen LogP contribution in [0, 0.1) is 5.41 Å². The lowest BCUT2D eigenvalue weighted by Crippen LogP contribution is -2.00. The van der Waals surface area contributed by atoms with E-state index in [-0.39, 0.29) is 0 Å². The molecule has 0 aliphatic carbocycles. The van der Waals surface area contributed by atoms with Gasteiger partial charge in [0.1, 0.15) is 0 Å². The van der Waals surface area contributed by atoms with Gasteiger partial charge >= 0.3 is 4.36 Å². The fraction of sp³-hybridized carbons (Fsp3) is 0.667. The van der Waals surface area contributed by atoms with E-state index in [2.05, 4.69) is 64.3 Å². The first kappa shape index (κ1) is 9.76. The zero-order chi connectivity index (χ0) is 7.49. The number of hydrogen-bond donors (Lipinski definition) is 0. The molecule has 0 rings (SSSR count). The van der Waals surface area contributed by atoms with Gasteiger partial charge in [-0.15, -0.1) is 31.5 Å². The van der Waals surface area contributed by atoms with Gasteiger partial charge < -0.3 is 0 Å². The van der Waals surface area contributed by atoms with Crippen molar-refractivity contribution in [1.82, 2.24) is 0 Å². The Bertz CT molecular complexity index is 102. The Labute approximate surface area is 74.1 Å². The summed E-state index contributed by atoms with van der Waals surface area (Å²) in [5.74, 6) is 2.08. The van der Waals surface area contributed by atoms with Gasteiger partial charge in [-0.05, 0) is 5.41 Å². The van der Waals surface area contributed by atoms with Crippen molar-refractivity contribution in [2.75, 3.05) is 0 Å². The molecule has 0 saturated carbocycles. The molecule has 0 amide bonds. The van der Waals surface area contributed by atoms with E-state index in [1.165, 1.54) is 0 Å². The molecule has 0 aromatic carbocycles. The second-order valence-corrected chi connectivity index (χ2v) is 6.26. The van der Waals surface area contributed by atoms with Gasteiger partial charge in [0.2, 0.25) is 0 Å². The van der Waals surface area contributed by atoms with Crippen molar-refractivity contribution in [3.8, 4) is 0 Å². The number of allylic oxidation sites excluding steroid dienone is 1. The van der Waals surface area contributed by atoms with Crippen LogP contribution in [0.25, 0.3) is 0 Å². The van der Waals surface area contributed by atoms with Crippen LogP contribution in [0.2, 0.25) is 0 Å². The summed E-state index contributed by atoms with van der Waals surface area (Å²) in [5, 5.41) is 0. The van der Waals surface area contributed by atoms with Crippen molar-refractivity contribution < 1.29 is 0 Å². The molecule has 0 fully saturated rings. The summed E-state index contributed by atoms with van der Waals surface area (Å²) in [6, 6.07) is 0. The largest absolute Gasteiger partial charge is 0.322 e. The summed E-state index contributed by atoms with van der Waals surface area (Å²) in [6.45, 7) is 6.52. The summed E-state index contributed by atoms with van der Waals surface area (Å²) in [7, 11) is 0. The van der Waals surface area contributed by atoms with E-state index in [4.69, 9.17) is 0 Å². The number of rotatable bonds is 1. The first-order valence-electron chi connectivity index (χ1n) is 2.89. The normalized spacial score (nSPS) is 12.6. The second kappa shape index (κ2) is 3.82. The van der Waals surface area contributed by atoms with E-state index < -0.39 is 0 Å². The third-order valence-corrected chi connectivity index (χ3v) is 1.35. The molecule has 0 unspecified atom stereocenters. The lowest BCUT2D eigenvalue weighted by Gasteiger charge is -2.10. The van der Waals surface area contributed by atoms with E-state index in [1.807, 2.05) is 0 Å². The Morgan fingerprint density at radius 3 is 1.78 bits per heavy atom. The van der Waals surface area contributed by atoms with Crippen LogP contribution < -0.4 is 0 Å². The molecule has 9 heavy (non-hydrogen) atoms. The van der Waals surface area contributed by atoms with Gasteiger partial charge in [-0.1, -0.05) is 32.8 Å². The van der Waals surface area contributed by atoms with Gasteiger partial charge in [0.25, 0.3) is 0 Å². The first-order valence-corrected chi connectivity index (χ1v) is 4.72. The van der Waals surface area contributed by atoms with Crippen molar-refractivity contribution >= 4 is 35.9 Å². The van der Waals surface area contributed by atoms with Crippen LogP contribution in [0.5, 0.6) is 0 Å². The van der Waals surface area contributed by atoms with Crippen molar-refractivity contribution in [1.29, 1.82) is 0 Å². The highest BCUT2D eigenvalue weighted by Crippen LogP contribution is 2.16. The third-order valence-electron chi connectivity index (χ3n) is 0.742. The second-order valence-electron chi connectivity index (χ2n) is 3.06. The maximum Gasteiger partial charge on any atom is 0.322 e. The lowest BCUT2D eigenvalue weighted by molar-refractivity contribution is 0.545. The number of hydrogen-bond acceptors (Lipinski definition) is 0. The molecule has 0 aliphatic heterocycles. The van der Waals surface area contributed by atoms with Crippen LogP contribution >= 0.6 is 31.5 Å². The van der Waals surface area contributed by atoms with Crippen LogP contribution in [-0.4, -0.2) is 4.36 Å². The van der Waals surface area contributed by atoms with Crippen molar-refractivity contribution in [2.24, 2.45) is 5.41 Å².